The van der Waals surface area contributed by atoms with E-state index in [0.717, 1.165) is 14.5 Å². The molecule has 0 aliphatic rings. The molecule has 120 valence electrons. The van der Waals surface area contributed by atoms with E-state index in [1.54, 1.807) is 19.3 Å². The lowest BCUT2D eigenvalue weighted by Gasteiger charge is -2.07. The predicted molar refractivity (Wildman–Crippen MR) is 97.9 cm³/mol. The Morgan fingerprint density at radius 1 is 1.29 bits per heavy atom. The number of halogens is 3. The number of rotatable bonds is 3. The van der Waals surface area contributed by atoms with Gasteiger partial charge in [-0.1, -0.05) is 0 Å². The van der Waals surface area contributed by atoms with Gasteiger partial charge in [-0.15, -0.1) is 0 Å². The van der Waals surface area contributed by atoms with E-state index in [0.29, 0.717) is 28.2 Å². The molecule has 0 aliphatic heterocycles. The number of aromatic amines is 1. The fourth-order valence-electron chi connectivity index (χ4n) is 2.29. The van der Waals surface area contributed by atoms with Crippen LogP contribution in [0.25, 0.3) is 22.7 Å². The lowest BCUT2D eigenvalue weighted by Crippen LogP contribution is -1.89. The van der Waals surface area contributed by atoms with Gasteiger partial charge in [-0.25, -0.2) is 9.37 Å². The summed E-state index contributed by atoms with van der Waals surface area (Å²) in [6.07, 6.45) is 1.70. The van der Waals surface area contributed by atoms with Gasteiger partial charge in [-0.3, -0.25) is 0 Å². The van der Waals surface area contributed by atoms with E-state index in [-0.39, 0.29) is 5.82 Å². The van der Waals surface area contributed by atoms with Crippen LogP contribution in [0.2, 0.25) is 0 Å². The minimum absolute atomic E-state index is 0.343. The number of ether oxygens (including phenoxy) is 1. The first-order valence-electron chi connectivity index (χ1n) is 6.82. The van der Waals surface area contributed by atoms with E-state index in [2.05, 4.69) is 47.9 Å². The number of methoxy groups -OCH3 is 1. The maximum Gasteiger partial charge on any atom is 0.149 e. The van der Waals surface area contributed by atoms with Gasteiger partial charge in [0.2, 0.25) is 0 Å². The Hall–Kier alpha value is -2.17. The highest BCUT2D eigenvalue weighted by atomic mass is 79.9. The molecule has 1 heterocycles. The van der Waals surface area contributed by atoms with Crippen molar-refractivity contribution in [1.29, 1.82) is 5.26 Å². The summed E-state index contributed by atoms with van der Waals surface area (Å²) in [6.45, 7) is 0. The van der Waals surface area contributed by atoms with Crippen LogP contribution in [0.15, 0.2) is 39.3 Å². The minimum atomic E-state index is -0.358. The number of nitrogens with zero attached hydrogens (tertiary/aromatic N) is 2. The number of hydrogen-bond donors (Lipinski definition) is 1. The largest absolute Gasteiger partial charge is 0.494 e. The van der Waals surface area contributed by atoms with Crippen LogP contribution in [0.5, 0.6) is 5.75 Å². The number of benzene rings is 2. The molecule has 2 aromatic carbocycles. The topological polar surface area (TPSA) is 61.7 Å². The summed E-state index contributed by atoms with van der Waals surface area (Å²) in [6, 6.07) is 10.0. The summed E-state index contributed by atoms with van der Waals surface area (Å²) < 4.78 is 20.1. The van der Waals surface area contributed by atoms with Gasteiger partial charge in [-0.2, -0.15) is 5.26 Å². The predicted octanol–water partition coefficient (Wildman–Crippen LogP) is 5.30. The third-order valence-electron chi connectivity index (χ3n) is 3.36. The zero-order valence-corrected chi connectivity index (χ0v) is 15.6. The van der Waals surface area contributed by atoms with E-state index >= 15 is 0 Å². The van der Waals surface area contributed by atoms with Crippen LogP contribution < -0.4 is 4.74 Å². The molecule has 0 bridgehead atoms. The van der Waals surface area contributed by atoms with Gasteiger partial charge in [0.25, 0.3) is 0 Å². The standard InChI is InChI=1S/C17H10Br2FN3O/c1-24-16-12(18)5-9(6-13(16)19)4-10(8-21)17-22-14-3-2-11(20)7-15(14)23-17/h2-7H,1H3,(H,22,23)/b10-4-. The fraction of sp³-hybridized carbons (Fsp3) is 0.0588. The van der Waals surface area contributed by atoms with Gasteiger partial charge in [0.05, 0.1) is 32.7 Å². The Balaban J connectivity index is 2.07. The summed E-state index contributed by atoms with van der Waals surface area (Å²) in [4.78, 5) is 7.31. The molecule has 3 rings (SSSR count). The van der Waals surface area contributed by atoms with Crippen molar-refractivity contribution >= 4 is 54.5 Å². The third kappa shape index (κ3) is 3.21. The average molecular weight is 451 g/mol. The van der Waals surface area contributed by atoms with Gasteiger partial charge in [0, 0.05) is 0 Å². The van der Waals surface area contributed by atoms with Crippen molar-refractivity contribution in [3.63, 3.8) is 0 Å². The SMILES string of the molecule is COc1c(Br)cc(/C=C(/C#N)c2nc3ccc(F)cc3[nH]2)cc1Br. The number of imidazole rings is 1. The molecule has 0 fully saturated rings. The summed E-state index contributed by atoms with van der Waals surface area (Å²) >= 11 is 6.86. The van der Waals surface area contributed by atoms with Crippen molar-refractivity contribution in [2.24, 2.45) is 0 Å². The molecule has 0 saturated carbocycles. The molecule has 0 amide bonds. The number of allylic oxidation sites excluding steroid dienone is 1. The quantitative estimate of drug-likeness (QED) is 0.550. The maximum atomic E-state index is 13.3. The zero-order valence-electron chi connectivity index (χ0n) is 12.4. The molecular weight excluding hydrogens is 441 g/mol. The van der Waals surface area contributed by atoms with Crippen LogP contribution in [0.4, 0.5) is 4.39 Å². The number of H-pyrrole nitrogens is 1. The molecule has 0 saturated heterocycles. The van der Waals surface area contributed by atoms with E-state index in [9.17, 15) is 9.65 Å². The molecule has 0 aliphatic carbocycles. The normalized spacial score (nSPS) is 11.5. The van der Waals surface area contributed by atoms with Gasteiger partial charge in [0.1, 0.15) is 23.5 Å². The van der Waals surface area contributed by atoms with E-state index in [4.69, 9.17) is 4.74 Å². The van der Waals surface area contributed by atoms with Gasteiger partial charge < -0.3 is 9.72 Å². The molecule has 1 N–H and O–H groups in total. The maximum absolute atomic E-state index is 13.3. The second kappa shape index (κ2) is 6.75. The summed E-state index contributed by atoms with van der Waals surface area (Å²) in [7, 11) is 1.58. The van der Waals surface area contributed by atoms with Crippen molar-refractivity contribution in [2.75, 3.05) is 7.11 Å². The second-order valence-corrected chi connectivity index (χ2v) is 6.64. The highest BCUT2D eigenvalue weighted by Gasteiger charge is 2.11. The summed E-state index contributed by atoms with van der Waals surface area (Å²) in [5.74, 6) is 0.703. The van der Waals surface area contributed by atoms with E-state index in [1.807, 2.05) is 12.1 Å². The van der Waals surface area contributed by atoms with Crippen LogP contribution >= 0.6 is 31.9 Å². The molecule has 1 aromatic heterocycles. The van der Waals surface area contributed by atoms with Crippen molar-refractivity contribution < 1.29 is 9.13 Å². The summed E-state index contributed by atoms with van der Waals surface area (Å²) in [5, 5.41) is 9.46. The lowest BCUT2D eigenvalue weighted by atomic mass is 10.1. The Kier molecular flexibility index (Phi) is 4.69. The number of fused-ring (bicyclic) bond motifs is 1. The molecular formula is C17H10Br2FN3O. The number of hydrogen-bond acceptors (Lipinski definition) is 3. The number of nitrogens with one attached hydrogen (secondary N) is 1. The Morgan fingerprint density at radius 2 is 2.00 bits per heavy atom. The van der Waals surface area contributed by atoms with Crippen LogP contribution in [-0.4, -0.2) is 17.1 Å². The average Bonchev–Trinajstić information content (AvgIpc) is 2.95. The molecule has 4 nitrogen and oxygen atoms in total. The molecule has 24 heavy (non-hydrogen) atoms. The molecule has 0 unspecified atom stereocenters. The first kappa shape index (κ1) is 16.7. The molecule has 7 heteroatoms. The van der Waals surface area contributed by atoms with Gasteiger partial charge in [-0.05, 0) is 73.8 Å². The number of nitriles is 1. The van der Waals surface area contributed by atoms with Crippen molar-refractivity contribution in [1.82, 2.24) is 9.97 Å². The molecule has 0 radical (unpaired) electrons. The Morgan fingerprint density at radius 3 is 2.62 bits per heavy atom. The van der Waals surface area contributed by atoms with Gasteiger partial charge in [0.15, 0.2) is 0 Å². The third-order valence-corrected chi connectivity index (χ3v) is 4.53. The van der Waals surface area contributed by atoms with Crippen LogP contribution in [-0.2, 0) is 0 Å². The Bertz CT molecular complexity index is 982. The molecule has 0 atom stereocenters. The van der Waals surface area contributed by atoms with E-state index < -0.39 is 0 Å². The Labute approximate surface area is 154 Å². The highest BCUT2D eigenvalue weighted by molar-refractivity contribution is 9.11. The van der Waals surface area contributed by atoms with Crippen LogP contribution in [0, 0.1) is 17.1 Å². The molecule has 3 aromatic rings. The van der Waals surface area contributed by atoms with E-state index in [1.165, 1.54) is 12.1 Å². The van der Waals surface area contributed by atoms with Crippen LogP contribution in [0.3, 0.4) is 0 Å². The van der Waals surface area contributed by atoms with Crippen molar-refractivity contribution in [2.45, 2.75) is 0 Å². The minimum Gasteiger partial charge on any atom is -0.494 e. The monoisotopic (exact) mass is 449 g/mol. The summed E-state index contributed by atoms with van der Waals surface area (Å²) in [5.41, 5.74) is 2.28. The smallest absolute Gasteiger partial charge is 0.149 e. The zero-order chi connectivity index (χ0) is 17.3. The number of aromatic nitrogens is 2. The van der Waals surface area contributed by atoms with Crippen molar-refractivity contribution in [3.05, 3.63) is 56.5 Å². The van der Waals surface area contributed by atoms with Crippen LogP contribution in [0.1, 0.15) is 11.4 Å². The van der Waals surface area contributed by atoms with Gasteiger partial charge >= 0.3 is 0 Å². The fourth-order valence-corrected chi connectivity index (χ4v) is 3.83. The lowest BCUT2D eigenvalue weighted by molar-refractivity contribution is 0.409. The first-order chi connectivity index (χ1) is 11.5. The molecule has 0 spiro atoms. The first-order valence-corrected chi connectivity index (χ1v) is 8.41. The second-order valence-electron chi connectivity index (χ2n) is 4.93. The highest BCUT2D eigenvalue weighted by Crippen LogP contribution is 2.35. The van der Waals surface area contributed by atoms with Crippen molar-refractivity contribution in [3.8, 4) is 11.8 Å².